The third-order valence-corrected chi connectivity index (χ3v) is 4.22. The lowest BCUT2D eigenvalue weighted by atomic mass is 10.1. The van der Waals surface area contributed by atoms with E-state index in [2.05, 4.69) is 40.6 Å². The maximum atomic E-state index is 5.87. The summed E-state index contributed by atoms with van der Waals surface area (Å²) in [6.45, 7) is 0. The van der Waals surface area contributed by atoms with Crippen LogP contribution < -0.4 is 11.1 Å². The van der Waals surface area contributed by atoms with E-state index in [1.807, 2.05) is 24.4 Å². The molecule has 0 saturated carbocycles. The van der Waals surface area contributed by atoms with Crippen LogP contribution in [-0.4, -0.2) is 4.98 Å². The molecule has 0 spiro atoms. The van der Waals surface area contributed by atoms with Gasteiger partial charge in [0.15, 0.2) is 0 Å². The average Bonchev–Trinajstić information content (AvgIpc) is 2.90. The van der Waals surface area contributed by atoms with E-state index in [0.717, 1.165) is 29.7 Å². The number of nitrogens with zero attached hydrogens (tertiary/aromatic N) is 1. The second-order valence-corrected chi connectivity index (χ2v) is 5.57. The largest absolute Gasteiger partial charge is 0.399 e. The Morgan fingerprint density at radius 2 is 2.05 bits per heavy atom. The van der Waals surface area contributed by atoms with E-state index in [1.54, 1.807) is 0 Å². The van der Waals surface area contributed by atoms with E-state index < -0.39 is 0 Å². The van der Waals surface area contributed by atoms with Crippen LogP contribution in [0.25, 0.3) is 10.9 Å². The number of benzene rings is 2. The van der Waals surface area contributed by atoms with Gasteiger partial charge in [0.1, 0.15) is 0 Å². The number of anilines is 2. The number of nitrogens with two attached hydrogens (primary N) is 1. The quantitative estimate of drug-likeness (QED) is 0.697. The van der Waals surface area contributed by atoms with Crippen LogP contribution in [0.4, 0.5) is 11.4 Å². The van der Waals surface area contributed by atoms with Gasteiger partial charge in [-0.05, 0) is 60.4 Å². The summed E-state index contributed by atoms with van der Waals surface area (Å²) in [4.78, 5) is 4.42. The van der Waals surface area contributed by atoms with Gasteiger partial charge in [-0.3, -0.25) is 4.98 Å². The molecule has 0 bridgehead atoms. The number of nitrogens with one attached hydrogen (secondary N) is 1. The van der Waals surface area contributed by atoms with Crippen LogP contribution in [0.2, 0.25) is 0 Å². The molecule has 0 saturated heterocycles. The summed E-state index contributed by atoms with van der Waals surface area (Å²) < 4.78 is 0. The lowest BCUT2D eigenvalue weighted by molar-refractivity contribution is 0.763. The van der Waals surface area contributed by atoms with Crippen molar-refractivity contribution in [2.75, 3.05) is 11.1 Å². The molecule has 0 fully saturated rings. The van der Waals surface area contributed by atoms with E-state index in [-0.39, 0.29) is 0 Å². The maximum Gasteiger partial charge on any atom is 0.0722 e. The Kier molecular flexibility index (Phi) is 2.78. The number of pyridine rings is 1. The van der Waals surface area contributed by atoms with E-state index in [9.17, 15) is 0 Å². The summed E-state index contributed by atoms with van der Waals surface area (Å²) in [5.41, 5.74) is 11.6. The third-order valence-electron chi connectivity index (χ3n) is 4.22. The minimum atomic E-state index is 0.353. The fraction of sp³-hybridized carbons (Fsp3) is 0.167. The lowest BCUT2D eigenvalue weighted by Gasteiger charge is -2.17. The topological polar surface area (TPSA) is 50.9 Å². The smallest absolute Gasteiger partial charge is 0.0722 e. The van der Waals surface area contributed by atoms with Gasteiger partial charge in [0.05, 0.1) is 11.6 Å². The van der Waals surface area contributed by atoms with Gasteiger partial charge in [0.25, 0.3) is 0 Å². The molecule has 0 aliphatic heterocycles. The summed E-state index contributed by atoms with van der Waals surface area (Å²) >= 11 is 0. The molecule has 104 valence electrons. The van der Waals surface area contributed by atoms with Gasteiger partial charge < -0.3 is 11.1 Å². The summed E-state index contributed by atoms with van der Waals surface area (Å²) in [6.07, 6.45) is 4.02. The standard InChI is InChI=1S/C18H17N3/c19-13-7-8-14-12(11-13)6-9-18(14)21-17-5-1-4-16-15(17)3-2-10-20-16/h1-5,7-8,10-11,18,21H,6,9,19H2. The molecule has 1 unspecified atom stereocenters. The fourth-order valence-electron chi connectivity index (χ4n) is 3.20. The van der Waals surface area contributed by atoms with Gasteiger partial charge in [0.2, 0.25) is 0 Å². The van der Waals surface area contributed by atoms with Gasteiger partial charge in [-0.15, -0.1) is 0 Å². The summed E-state index contributed by atoms with van der Waals surface area (Å²) in [6, 6.07) is 16.9. The van der Waals surface area contributed by atoms with Crippen LogP contribution in [0.5, 0.6) is 0 Å². The van der Waals surface area contributed by atoms with E-state index in [4.69, 9.17) is 5.73 Å². The van der Waals surface area contributed by atoms with E-state index in [0.29, 0.717) is 6.04 Å². The summed E-state index contributed by atoms with van der Waals surface area (Å²) in [5, 5.41) is 4.85. The molecule has 4 rings (SSSR count). The second kappa shape index (κ2) is 4.77. The molecule has 3 aromatic rings. The van der Waals surface area contributed by atoms with Crippen molar-refractivity contribution in [1.82, 2.24) is 4.98 Å². The molecule has 1 aliphatic carbocycles. The Hall–Kier alpha value is -2.55. The highest BCUT2D eigenvalue weighted by atomic mass is 14.9. The maximum absolute atomic E-state index is 5.87. The first-order valence-corrected chi connectivity index (χ1v) is 7.30. The van der Waals surface area contributed by atoms with Crippen LogP contribution in [0.1, 0.15) is 23.6 Å². The molecule has 1 aliphatic rings. The third kappa shape index (κ3) is 2.11. The van der Waals surface area contributed by atoms with Crippen molar-refractivity contribution in [3.63, 3.8) is 0 Å². The Bertz CT molecular complexity index is 805. The van der Waals surface area contributed by atoms with Crippen molar-refractivity contribution in [3.05, 3.63) is 65.9 Å². The molecule has 0 amide bonds. The molecule has 3 N–H and O–H groups in total. The molecule has 21 heavy (non-hydrogen) atoms. The van der Waals surface area contributed by atoms with Crippen molar-refractivity contribution in [1.29, 1.82) is 0 Å². The zero-order valence-corrected chi connectivity index (χ0v) is 11.7. The highest BCUT2D eigenvalue weighted by Gasteiger charge is 2.22. The van der Waals surface area contributed by atoms with Crippen molar-refractivity contribution >= 4 is 22.3 Å². The number of rotatable bonds is 2. The Morgan fingerprint density at radius 3 is 3.00 bits per heavy atom. The Morgan fingerprint density at radius 1 is 1.10 bits per heavy atom. The van der Waals surface area contributed by atoms with Crippen molar-refractivity contribution in [2.24, 2.45) is 0 Å². The zero-order chi connectivity index (χ0) is 14.2. The summed E-state index contributed by atoms with van der Waals surface area (Å²) in [5.74, 6) is 0. The molecule has 1 aromatic heterocycles. The molecular weight excluding hydrogens is 258 g/mol. The number of hydrogen-bond donors (Lipinski definition) is 2. The Labute approximate surface area is 123 Å². The Balaban J connectivity index is 1.71. The molecule has 0 radical (unpaired) electrons. The average molecular weight is 275 g/mol. The van der Waals surface area contributed by atoms with Gasteiger partial charge in [-0.25, -0.2) is 0 Å². The number of aryl methyl sites for hydroxylation is 1. The number of aromatic nitrogens is 1. The SMILES string of the molecule is Nc1ccc2c(c1)CCC2Nc1cccc2ncccc12. The van der Waals surface area contributed by atoms with Gasteiger partial charge in [-0.2, -0.15) is 0 Å². The minimum absolute atomic E-state index is 0.353. The first kappa shape index (κ1) is 12.2. The second-order valence-electron chi connectivity index (χ2n) is 5.57. The molecular formula is C18H17N3. The van der Waals surface area contributed by atoms with E-state index >= 15 is 0 Å². The van der Waals surface area contributed by atoms with Crippen LogP contribution in [0, 0.1) is 0 Å². The monoisotopic (exact) mass is 275 g/mol. The van der Waals surface area contributed by atoms with Crippen LogP contribution in [0.3, 0.4) is 0 Å². The molecule has 3 nitrogen and oxygen atoms in total. The molecule has 3 heteroatoms. The lowest BCUT2D eigenvalue weighted by Crippen LogP contribution is -2.07. The van der Waals surface area contributed by atoms with Gasteiger partial charge in [0, 0.05) is 23.0 Å². The highest BCUT2D eigenvalue weighted by Crippen LogP contribution is 2.36. The summed E-state index contributed by atoms with van der Waals surface area (Å²) in [7, 11) is 0. The van der Waals surface area contributed by atoms with E-state index in [1.165, 1.54) is 16.5 Å². The first-order valence-electron chi connectivity index (χ1n) is 7.30. The highest BCUT2D eigenvalue weighted by molar-refractivity contribution is 5.91. The number of fused-ring (bicyclic) bond motifs is 2. The number of nitrogen functional groups attached to an aromatic ring is 1. The molecule has 2 aromatic carbocycles. The van der Waals surface area contributed by atoms with Gasteiger partial charge >= 0.3 is 0 Å². The fourth-order valence-corrected chi connectivity index (χ4v) is 3.20. The van der Waals surface area contributed by atoms with Crippen LogP contribution in [0.15, 0.2) is 54.7 Å². The van der Waals surface area contributed by atoms with Crippen molar-refractivity contribution < 1.29 is 0 Å². The number of hydrogen-bond acceptors (Lipinski definition) is 3. The minimum Gasteiger partial charge on any atom is -0.399 e. The zero-order valence-electron chi connectivity index (χ0n) is 11.7. The molecule has 1 atom stereocenters. The first-order chi connectivity index (χ1) is 10.3. The molecule has 1 heterocycles. The normalized spacial score (nSPS) is 16.9. The van der Waals surface area contributed by atoms with Gasteiger partial charge in [-0.1, -0.05) is 12.1 Å². The van der Waals surface area contributed by atoms with Crippen LogP contribution in [-0.2, 0) is 6.42 Å². The predicted molar refractivity (Wildman–Crippen MR) is 87.3 cm³/mol. The van der Waals surface area contributed by atoms with Crippen LogP contribution >= 0.6 is 0 Å². The van der Waals surface area contributed by atoms with Crippen molar-refractivity contribution in [2.45, 2.75) is 18.9 Å². The van der Waals surface area contributed by atoms with Crippen molar-refractivity contribution in [3.8, 4) is 0 Å². The predicted octanol–water partition coefficient (Wildman–Crippen LogP) is 3.92.